The number of ether oxygens (including phenoxy) is 1. The lowest BCUT2D eigenvalue weighted by molar-refractivity contribution is -0.148. The van der Waals surface area contributed by atoms with Crippen molar-refractivity contribution in [1.29, 1.82) is 0 Å². The quantitative estimate of drug-likeness (QED) is 0.304. The number of pyridine rings is 1. The number of rotatable bonds is 8. The summed E-state index contributed by atoms with van der Waals surface area (Å²) in [6.07, 6.45) is 8.02. The molecule has 4 saturated heterocycles. The maximum absolute atomic E-state index is 14.0. The van der Waals surface area contributed by atoms with Crippen LogP contribution in [0.4, 0.5) is 5.69 Å². The number of fused-ring (bicyclic) bond motifs is 2. The van der Waals surface area contributed by atoms with E-state index in [4.69, 9.17) is 4.74 Å². The minimum atomic E-state index is -4.22. The van der Waals surface area contributed by atoms with Crippen molar-refractivity contribution in [3.63, 3.8) is 0 Å². The second-order valence-electron chi connectivity index (χ2n) is 13.2. The number of hydrogen-bond acceptors (Lipinski definition) is 8. The van der Waals surface area contributed by atoms with Gasteiger partial charge < -0.3 is 34.5 Å². The van der Waals surface area contributed by atoms with Crippen molar-refractivity contribution < 1.29 is 33.5 Å². The van der Waals surface area contributed by atoms with E-state index < -0.39 is 19.7 Å². The molecule has 3 aromatic rings. The zero-order valence-electron chi connectivity index (χ0n) is 26.3. The fourth-order valence-electron chi connectivity index (χ4n) is 7.71. The molecule has 47 heavy (non-hydrogen) atoms. The summed E-state index contributed by atoms with van der Waals surface area (Å²) < 4.78 is 17.8. The lowest BCUT2D eigenvalue weighted by Crippen LogP contribution is -2.58. The van der Waals surface area contributed by atoms with E-state index in [1.807, 2.05) is 23.4 Å². The Labute approximate surface area is 277 Å². The van der Waals surface area contributed by atoms with Gasteiger partial charge in [0.05, 0.1) is 17.1 Å². The SMILES string of the molecule is CO[C@@H]1CCN(c2ccncc2C2CN(C(=O)[C@@H]3CC[C@@H]4CCC[C@H](NC(=O)c5cc6cc(CP(=O)(O)O)ccc6s5)C(=O)N43)C2)C1. The number of carbonyl (C=O) groups excluding carboxylic acids is 3. The molecule has 1 aromatic carbocycles. The van der Waals surface area contributed by atoms with Crippen LogP contribution in [0.15, 0.2) is 42.7 Å². The molecule has 0 aliphatic carbocycles. The summed E-state index contributed by atoms with van der Waals surface area (Å²) >= 11 is 1.27. The van der Waals surface area contributed by atoms with Gasteiger partial charge in [-0.3, -0.25) is 23.9 Å². The van der Waals surface area contributed by atoms with Crippen LogP contribution >= 0.6 is 18.9 Å². The van der Waals surface area contributed by atoms with Gasteiger partial charge in [0.2, 0.25) is 11.8 Å². The zero-order valence-corrected chi connectivity index (χ0v) is 28.0. The summed E-state index contributed by atoms with van der Waals surface area (Å²) in [7, 11) is -2.47. The van der Waals surface area contributed by atoms with Gasteiger partial charge in [0, 0.05) is 73.6 Å². The topological polar surface area (TPSA) is 153 Å². The number of nitrogens with one attached hydrogen (secondary N) is 1. The number of likely N-dealkylation sites (tertiary alicyclic amines) is 1. The van der Waals surface area contributed by atoms with E-state index in [1.54, 1.807) is 36.3 Å². The average molecular weight is 682 g/mol. The van der Waals surface area contributed by atoms with Crippen LogP contribution in [-0.4, -0.2) is 99.8 Å². The Kier molecular flexibility index (Phi) is 8.86. The number of benzene rings is 1. The van der Waals surface area contributed by atoms with Gasteiger partial charge in [-0.1, -0.05) is 6.07 Å². The summed E-state index contributed by atoms with van der Waals surface area (Å²) in [6, 6.07) is 7.56. The Morgan fingerprint density at radius 1 is 1.09 bits per heavy atom. The largest absolute Gasteiger partial charge is 0.380 e. The highest BCUT2D eigenvalue weighted by Gasteiger charge is 2.48. The first-order valence-corrected chi connectivity index (χ1v) is 18.9. The molecule has 0 spiro atoms. The third-order valence-electron chi connectivity index (χ3n) is 10.1. The van der Waals surface area contributed by atoms with Crippen LogP contribution in [0.1, 0.15) is 65.2 Å². The number of hydrogen-bond donors (Lipinski definition) is 3. The van der Waals surface area contributed by atoms with Crippen molar-refractivity contribution in [1.82, 2.24) is 20.1 Å². The normalized spacial score (nSPS) is 25.2. The number of carbonyl (C=O) groups is 3. The monoisotopic (exact) mass is 681 g/mol. The molecule has 3 N–H and O–H groups in total. The lowest BCUT2D eigenvalue weighted by atomic mass is 9.90. The van der Waals surface area contributed by atoms with Crippen LogP contribution in [0.3, 0.4) is 0 Å². The molecule has 7 rings (SSSR count). The lowest BCUT2D eigenvalue weighted by Gasteiger charge is -2.43. The number of thiophene rings is 1. The van der Waals surface area contributed by atoms with Crippen LogP contribution in [0, 0.1) is 0 Å². The number of aromatic nitrogens is 1. The Bertz CT molecular complexity index is 1740. The van der Waals surface area contributed by atoms with Gasteiger partial charge in [0.1, 0.15) is 12.1 Å². The van der Waals surface area contributed by atoms with Gasteiger partial charge in [0.25, 0.3) is 5.91 Å². The molecule has 0 bridgehead atoms. The first-order chi connectivity index (χ1) is 22.6. The van der Waals surface area contributed by atoms with Gasteiger partial charge in [-0.05, 0) is 73.7 Å². The van der Waals surface area contributed by atoms with E-state index in [-0.39, 0.29) is 41.9 Å². The molecule has 0 saturated carbocycles. The minimum absolute atomic E-state index is 0.0129. The molecule has 12 nitrogen and oxygen atoms in total. The fourth-order valence-corrected chi connectivity index (χ4v) is 9.33. The molecular formula is C33H40N5O7PS. The van der Waals surface area contributed by atoms with Crippen molar-refractivity contribution >= 4 is 52.4 Å². The van der Waals surface area contributed by atoms with Crippen molar-refractivity contribution in [2.75, 3.05) is 38.2 Å². The van der Waals surface area contributed by atoms with Crippen molar-refractivity contribution in [3.05, 3.63) is 58.7 Å². The molecule has 14 heteroatoms. The van der Waals surface area contributed by atoms with Gasteiger partial charge >= 0.3 is 7.60 Å². The van der Waals surface area contributed by atoms with Crippen LogP contribution in [0.2, 0.25) is 0 Å². The predicted octanol–water partition coefficient (Wildman–Crippen LogP) is 3.47. The number of methoxy groups -OCH3 is 1. The molecule has 3 amide bonds. The highest BCUT2D eigenvalue weighted by molar-refractivity contribution is 7.50. The summed E-state index contributed by atoms with van der Waals surface area (Å²) in [5, 5.41) is 3.66. The minimum Gasteiger partial charge on any atom is -0.380 e. The molecule has 0 radical (unpaired) electrons. The second-order valence-corrected chi connectivity index (χ2v) is 16.0. The third kappa shape index (κ3) is 6.56. The van der Waals surface area contributed by atoms with Gasteiger partial charge in [0.15, 0.2) is 0 Å². The Morgan fingerprint density at radius 3 is 2.68 bits per heavy atom. The molecule has 4 atom stereocenters. The Morgan fingerprint density at radius 2 is 1.91 bits per heavy atom. The molecule has 4 fully saturated rings. The molecule has 0 unspecified atom stereocenters. The van der Waals surface area contributed by atoms with Crippen molar-refractivity contribution in [2.45, 2.75) is 74.8 Å². The van der Waals surface area contributed by atoms with Crippen LogP contribution < -0.4 is 10.2 Å². The van der Waals surface area contributed by atoms with Crippen LogP contribution in [0.25, 0.3) is 10.1 Å². The summed E-state index contributed by atoms with van der Waals surface area (Å²) in [5.41, 5.74) is 2.79. The van der Waals surface area contributed by atoms with Crippen LogP contribution in [0.5, 0.6) is 0 Å². The van der Waals surface area contributed by atoms with E-state index in [2.05, 4.69) is 15.2 Å². The van der Waals surface area contributed by atoms with E-state index in [9.17, 15) is 28.7 Å². The Balaban J connectivity index is 1.01. The molecule has 4 aliphatic rings. The number of anilines is 1. The standard InChI is InChI=1S/C33H40N5O7PS/c1-45-24-10-12-36(18-24)27-9-11-34-15-25(27)22-16-37(17-22)33(41)28-7-6-23-3-2-4-26(32(40)38(23)28)35-31(39)30-14-21-13-20(19-46(42,43)44)5-8-29(21)47-30/h5,8-9,11,13-15,22-24,26,28H,2-4,6-7,10,12,16-19H2,1H3,(H,35,39)(H2,42,43,44)/t23-,24+,26-,28-/m0/s1. The fraction of sp³-hybridized carbons (Fsp3) is 0.515. The Hall–Kier alpha value is -3.35. The first kappa shape index (κ1) is 32.2. The third-order valence-corrected chi connectivity index (χ3v) is 12.0. The average Bonchev–Trinajstić information content (AvgIpc) is 3.75. The van der Waals surface area contributed by atoms with E-state index in [0.717, 1.165) is 60.1 Å². The van der Waals surface area contributed by atoms with Gasteiger partial charge in [-0.25, -0.2) is 0 Å². The molecule has 4 aliphatic heterocycles. The smallest absolute Gasteiger partial charge is 0.329 e. The van der Waals surface area contributed by atoms with E-state index in [0.29, 0.717) is 36.4 Å². The molecule has 2 aromatic heterocycles. The van der Waals surface area contributed by atoms with Crippen LogP contribution in [-0.2, 0) is 25.1 Å². The molecular weight excluding hydrogens is 641 g/mol. The number of amides is 3. The summed E-state index contributed by atoms with van der Waals surface area (Å²) in [5.74, 6) is -0.405. The molecule has 250 valence electrons. The highest BCUT2D eigenvalue weighted by atomic mass is 32.1. The van der Waals surface area contributed by atoms with Crippen molar-refractivity contribution in [3.8, 4) is 0 Å². The van der Waals surface area contributed by atoms with E-state index >= 15 is 0 Å². The van der Waals surface area contributed by atoms with E-state index in [1.165, 1.54) is 11.3 Å². The summed E-state index contributed by atoms with van der Waals surface area (Å²) in [4.78, 5) is 70.6. The maximum atomic E-state index is 14.0. The molecule has 6 heterocycles. The van der Waals surface area contributed by atoms with Gasteiger partial charge in [-0.2, -0.15) is 0 Å². The predicted molar refractivity (Wildman–Crippen MR) is 178 cm³/mol. The summed E-state index contributed by atoms with van der Waals surface area (Å²) in [6.45, 7) is 2.94. The first-order valence-electron chi connectivity index (χ1n) is 16.3. The van der Waals surface area contributed by atoms with Crippen molar-refractivity contribution in [2.24, 2.45) is 0 Å². The van der Waals surface area contributed by atoms with Gasteiger partial charge in [-0.15, -0.1) is 11.3 Å². The number of nitrogens with zero attached hydrogens (tertiary/aromatic N) is 4. The highest BCUT2D eigenvalue weighted by Crippen LogP contribution is 2.41. The maximum Gasteiger partial charge on any atom is 0.329 e. The zero-order chi connectivity index (χ0) is 32.9. The second kappa shape index (κ2) is 12.9.